The van der Waals surface area contributed by atoms with Crippen LogP contribution in [-0.2, 0) is 6.54 Å². The highest BCUT2D eigenvalue weighted by molar-refractivity contribution is 4.99. The SMILES string of the molecule is Cc1cnn(CC(N)C2CCCCC2)c1. The average Bonchev–Trinajstić information content (AvgIpc) is 2.65. The predicted octanol–water partition coefficient (Wildman–Crippen LogP) is 2.10. The van der Waals surface area contributed by atoms with Crippen molar-refractivity contribution in [2.24, 2.45) is 11.7 Å². The molecule has 1 unspecified atom stereocenters. The van der Waals surface area contributed by atoms with E-state index in [1.165, 1.54) is 37.7 Å². The van der Waals surface area contributed by atoms with Crippen LogP contribution in [0.2, 0.25) is 0 Å². The number of aromatic nitrogens is 2. The van der Waals surface area contributed by atoms with Crippen LogP contribution < -0.4 is 5.73 Å². The van der Waals surface area contributed by atoms with Gasteiger partial charge in [-0.1, -0.05) is 19.3 Å². The molecule has 0 saturated heterocycles. The van der Waals surface area contributed by atoms with Gasteiger partial charge in [-0.15, -0.1) is 0 Å². The van der Waals surface area contributed by atoms with Gasteiger partial charge in [-0.2, -0.15) is 5.10 Å². The maximum Gasteiger partial charge on any atom is 0.0563 e. The molecule has 3 nitrogen and oxygen atoms in total. The fourth-order valence-electron chi connectivity index (χ4n) is 2.49. The van der Waals surface area contributed by atoms with Gasteiger partial charge >= 0.3 is 0 Å². The van der Waals surface area contributed by atoms with Crippen LogP contribution >= 0.6 is 0 Å². The van der Waals surface area contributed by atoms with E-state index in [2.05, 4.69) is 18.2 Å². The van der Waals surface area contributed by atoms with E-state index in [-0.39, 0.29) is 6.04 Å². The van der Waals surface area contributed by atoms with Crippen molar-refractivity contribution in [1.82, 2.24) is 9.78 Å². The van der Waals surface area contributed by atoms with Gasteiger partial charge in [-0.25, -0.2) is 0 Å². The normalized spacial score (nSPS) is 20.4. The van der Waals surface area contributed by atoms with Crippen LogP contribution in [0.15, 0.2) is 12.4 Å². The zero-order valence-electron chi connectivity index (χ0n) is 9.52. The molecule has 3 heteroatoms. The van der Waals surface area contributed by atoms with E-state index >= 15 is 0 Å². The number of aryl methyl sites for hydroxylation is 1. The number of nitrogens with two attached hydrogens (primary N) is 1. The van der Waals surface area contributed by atoms with Crippen molar-refractivity contribution < 1.29 is 0 Å². The zero-order chi connectivity index (χ0) is 10.7. The molecule has 1 saturated carbocycles. The Hall–Kier alpha value is -0.830. The summed E-state index contributed by atoms with van der Waals surface area (Å²) in [5, 5.41) is 4.29. The molecular formula is C12H21N3. The molecule has 1 atom stereocenters. The Bertz CT molecular complexity index is 300. The molecule has 0 spiro atoms. The Balaban J connectivity index is 1.88. The fourth-order valence-corrected chi connectivity index (χ4v) is 2.49. The third-order valence-corrected chi connectivity index (χ3v) is 3.42. The quantitative estimate of drug-likeness (QED) is 0.825. The van der Waals surface area contributed by atoms with Crippen LogP contribution in [0.3, 0.4) is 0 Å². The lowest BCUT2D eigenvalue weighted by molar-refractivity contribution is 0.279. The average molecular weight is 207 g/mol. The summed E-state index contributed by atoms with van der Waals surface area (Å²) in [5.74, 6) is 0.711. The summed E-state index contributed by atoms with van der Waals surface area (Å²) < 4.78 is 1.98. The van der Waals surface area contributed by atoms with E-state index in [4.69, 9.17) is 5.73 Å². The Labute approximate surface area is 91.7 Å². The molecule has 1 aliphatic rings. The van der Waals surface area contributed by atoms with Gasteiger partial charge in [0, 0.05) is 12.2 Å². The minimum atomic E-state index is 0.282. The number of hydrogen-bond donors (Lipinski definition) is 1. The lowest BCUT2D eigenvalue weighted by Gasteiger charge is -2.27. The van der Waals surface area contributed by atoms with Gasteiger partial charge in [0.25, 0.3) is 0 Å². The van der Waals surface area contributed by atoms with Crippen molar-refractivity contribution in [1.29, 1.82) is 0 Å². The van der Waals surface area contributed by atoms with Crippen molar-refractivity contribution in [3.05, 3.63) is 18.0 Å². The maximum atomic E-state index is 6.23. The summed E-state index contributed by atoms with van der Waals surface area (Å²) >= 11 is 0. The van der Waals surface area contributed by atoms with E-state index in [1.807, 2.05) is 10.9 Å². The van der Waals surface area contributed by atoms with Gasteiger partial charge < -0.3 is 5.73 Å². The molecule has 2 N–H and O–H groups in total. The van der Waals surface area contributed by atoms with E-state index in [1.54, 1.807) is 0 Å². The van der Waals surface area contributed by atoms with E-state index in [9.17, 15) is 0 Å². The van der Waals surface area contributed by atoms with Gasteiger partial charge in [0.05, 0.1) is 12.7 Å². The lowest BCUT2D eigenvalue weighted by atomic mass is 9.84. The second-order valence-electron chi connectivity index (χ2n) is 4.80. The first-order valence-electron chi connectivity index (χ1n) is 6.00. The van der Waals surface area contributed by atoms with Crippen molar-refractivity contribution >= 4 is 0 Å². The first-order valence-corrected chi connectivity index (χ1v) is 6.00. The Morgan fingerprint density at radius 3 is 2.80 bits per heavy atom. The molecule has 15 heavy (non-hydrogen) atoms. The third kappa shape index (κ3) is 2.81. The number of rotatable bonds is 3. The molecule has 0 aliphatic heterocycles. The number of hydrogen-bond acceptors (Lipinski definition) is 2. The monoisotopic (exact) mass is 207 g/mol. The molecule has 0 radical (unpaired) electrons. The Kier molecular flexibility index (Phi) is 3.41. The molecule has 1 aromatic rings. The molecule has 2 rings (SSSR count). The highest BCUT2D eigenvalue weighted by Gasteiger charge is 2.20. The van der Waals surface area contributed by atoms with E-state index in [0.29, 0.717) is 5.92 Å². The van der Waals surface area contributed by atoms with E-state index in [0.717, 1.165) is 6.54 Å². The van der Waals surface area contributed by atoms with Crippen LogP contribution in [0.1, 0.15) is 37.7 Å². The lowest BCUT2D eigenvalue weighted by Crippen LogP contribution is -2.35. The van der Waals surface area contributed by atoms with Gasteiger partial charge in [0.15, 0.2) is 0 Å². The molecule has 1 aromatic heterocycles. The molecule has 0 bridgehead atoms. The molecular weight excluding hydrogens is 186 g/mol. The smallest absolute Gasteiger partial charge is 0.0563 e. The van der Waals surface area contributed by atoms with Crippen LogP contribution in [0.25, 0.3) is 0 Å². The standard InChI is InChI=1S/C12H21N3/c1-10-7-14-15(8-10)9-12(13)11-5-3-2-4-6-11/h7-8,11-12H,2-6,9,13H2,1H3. The number of nitrogens with zero attached hydrogens (tertiary/aromatic N) is 2. The summed E-state index contributed by atoms with van der Waals surface area (Å²) in [5.41, 5.74) is 7.44. The molecule has 1 heterocycles. The molecule has 84 valence electrons. The first-order chi connectivity index (χ1) is 7.25. The summed E-state index contributed by atoms with van der Waals surface area (Å²) in [6, 6.07) is 0.282. The fraction of sp³-hybridized carbons (Fsp3) is 0.750. The summed E-state index contributed by atoms with van der Waals surface area (Å²) in [6.07, 6.45) is 10.7. The van der Waals surface area contributed by atoms with E-state index < -0.39 is 0 Å². The van der Waals surface area contributed by atoms with Crippen LogP contribution in [0.5, 0.6) is 0 Å². The topological polar surface area (TPSA) is 43.8 Å². The summed E-state index contributed by atoms with van der Waals surface area (Å²) in [7, 11) is 0. The second kappa shape index (κ2) is 4.79. The van der Waals surface area contributed by atoms with Gasteiger partial charge in [-0.3, -0.25) is 4.68 Å². The second-order valence-corrected chi connectivity index (χ2v) is 4.80. The van der Waals surface area contributed by atoms with Gasteiger partial charge in [0.2, 0.25) is 0 Å². The minimum Gasteiger partial charge on any atom is -0.326 e. The molecule has 1 aliphatic carbocycles. The van der Waals surface area contributed by atoms with Crippen LogP contribution in [0.4, 0.5) is 0 Å². The molecule has 0 aromatic carbocycles. The molecule has 1 fully saturated rings. The summed E-state index contributed by atoms with van der Waals surface area (Å²) in [4.78, 5) is 0. The van der Waals surface area contributed by atoms with Gasteiger partial charge in [0.1, 0.15) is 0 Å². The maximum absolute atomic E-state index is 6.23. The predicted molar refractivity (Wildman–Crippen MR) is 61.5 cm³/mol. The largest absolute Gasteiger partial charge is 0.326 e. The third-order valence-electron chi connectivity index (χ3n) is 3.42. The van der Waals surface area contributed by atoms with Crippen molar-refractivity contribution in [2.45, 2.75) is 51.6 Å². The Morgan fingerprint density at radius 1 is 1.47 bits per heavy atom. The van der Waals surface area contributed by atoms with Crippen molar-refractivity contribution in [2.75, 3.05) is 0 Å². The van der Waals surface area contributed by atoms with Crippen LogP contribution in [0, 0.1) is 12.8 Å². The van der Waals surface area contributed by atoms with Crippen molar-refractivity contribution in [3.8, 4) is 0 Å². The van der Waals surface area contributed by atoms with Gasteiger partial charge in [-0.05, 0) is 31.2 Å². The minimum absolute atomic E-state index is 0.282. The zero-order valence-corrected chi connectivity index (χ0v) is 9.52. The van der Waals surface area contributed by atoms with Crippen LogP contribution in [-0.4, -0.2) is 15.8 Å². The highest BCUT2D eigenvalue weighted by Crippen LogP contribution is 2.26. The van der Waals surface area contributed by atoms with Crippen molar-refractivity contribution in [3.63, 3.8) is 0 Å². The summed E-state index contributed by atoms with van der Waals surface area (Å²) in [6.45, 7) is 2.94. The Morgan fingerprint density at radius 2 is 2.20 bits per heavy atom. The molecule has 0 amide bonds. The highest BCUT2D eigenvalue weighted by atomic mass is 15.3. The first kappa shape index (κ1) is 10.7.